The Labute approximate surface area is 125 Å². The lowest BCUT2D eigenvalue weighted by atomic mass is 10.0. The Morgan fingerprint density at radius 1 is 1.37 bits per heavy atom. The van der Waals surface area contributed by atoms with Crippen LogP contribution in [0.15, 0.2) is 28.7 Å². The molecule has 0 bridgehead atoms. The normalized spacial score (nSPS) is 20.2. The molecule has 1 saturated heterocycles. The summed E-state index contributed by atoms with van der Waals surface area (Å²) in [6, 6.07) is 9.91. The van der Waals surface area contributed by atoms with Crippen LogP contribution in [0.25, 0.3) is 0 Å². The molecule has 1 fully saturated rings. The van der Waals surface area contributed by atoms with Crippen LogP contribution in [-0.4, -0.2) is 30.1 Å². The van der Waals surface area contributed by atoms with E-state index in [4.69, 9.17) is 0 Å². The Kier molecular flexibility index (Phi) is 5.86. The summed E-state index contributed by atoms with van der Waals surface area (Å²) in [5, 5.41) is 3.65. The maximum Gasteiger partial charge on any atom is 0.0237 e. The van der Waals surface area contributed by atoms with Gasteiger partial charge in [-0.1, -0.05) is 34.5 Å². The SMILES string of the molecule is CC(C)N(Cc1cccc(Br)c1)CC1CCCCN1. The molecule has 2 nitrogen and oxygen atoms in total. The van der Waals surface area contributed by atoms with Crippen molar-refractivity contribution in [3.05, 3.63) is 34.3 Å². The van der Waals surface area contributed by atoms with Crippen molar-refractivity contribution >= 4 is 15.9 Å². The van der Waals surface area contributed by atoms with Crippen LogP contribution >= 0.6 is 15.9 Å². The largest absolute Gasteiger partial charge is 0.313 e. The predicted octanol–water partition coefficient (Wildman–Crippen LogP) is 3.80. The number of hydrogen-bond donors (Lipinski definition) is 1. The van der Waals surface area contributed by atoms with Gasteiger partial charge in [0.15, 0.2) is 0 Å². The van der Waals surface area contributed by atoms with E-state index in [0.29, 0.717) is 12.1 Å². The highest BCUT2D eigenvalue weighted by Gasteiger charge is 2.18. The molecule has 0 saturated carbocycles. The second kappa shape index (κ2) is 7.41. The van der Waals surface area contributed by atoms with Gasteiger partial charge >= 0.3 is 0 Å². The zero-order valence-electron chi connectivity index (χ0n) is 12.0. The number of hydrogen-bond acceptors (Lipinski definition) is 2. The summed E-state index contributed by atoms with van der Waals surface area (Å²) in [6.45, 7) is 7.97. The average Bonchev–Trinajstić information content (AvgIpc) is 2.39. The van der Waals surface area contributed by atoms with E-state index in [1.54, 1.807) is 0 Å². The smallest absolute Gasteiger partial charge is 0.0237 e. The molecular formula is C16H25BrN2. The van der Waals surface area contributed by atoms with Crippen LogP contribution in [0, 0.1) is 0 Å². The maximum absolute atomic E-state index is 3.65. The minimum atomic E-state index is 0.586. The van der Waals surface area contributed by atoms with E-state index in [9.17, 15) is 0 Å². The molecule has 1 aliphatic heterocycles. The van der Waals surface area contributed by atoms with Crippen molar-refractivity contribution in [3.8, 4) is 0 Å². The molecule has 0 aromatic heterocycles. The first-order chi connectivity index (χ1) is 9.15. The van der Waals surface area contributed by atoms with E-state index >= 15 is 0 Å². The zero-order chi connectivity index (χ0) is 13.7. The van der Waals surface area contributed by atoms with Crippen molar-refractivity contribution in [3.63, 3.8) is 0 Å². The lowest BCUT2D eigenvalue weighted by Crippen LogP contribution is -2.45. The minimum Gasteiger partial charge on any atom is -0.313 e. The van der Waals surface area contributed by atoms with Crippen molar-refractivity contribution in [1.82, 2.24) is 10.2 Å². The van der Waals surface area contributed by atoms with E-state index in [1.807, 2.05) is 0 Å². The Balaban J connectivity index is 1.95. The summed E-state index contributed by atoms with van der Waals surface area (Å²) in [7, 11) is 0. The molecule has 2 rings (SSSR count). The lowest BCUT2D eigenvalue weighted by Gasteiger charge is -2.33. The van der Waals surface area contributed by atoms with Crippen molar-refractivity contribution in [2.75, 3.05) is 13.1 Å². The van der Waals surface area contributed by atoms with Crippen LogP contribution in [0.5, 0.6) is 0 Å². The van der Waals surface area contributed by atoms with Gasteiger partial charge in [-0.2, -0.15) is 0 Å². The van der Waals surface area contributed by atoms with Crippen LogP contribution in [0.4, 0.5) is 0 Å². The monoisotopic (exact) mass is 324 g/mol. The minimum absolute atomic E-state index is 0.586. The van der Waals surface area contributed by atoms with Gasteiger partial charge in [0.05, 0.1) is 0 Å². The van der Waals surface area contributed by atoms with Gasteiger partial charge in [0, 0.05) is 29.6 Å². The summed E-state index contributed by atoms with van der Waals surface area (Å²) >= 11 is 3.56. The maximum atomic E-state index is 3.65. The number of nitrogens with zero attached hydrogens (tertiary/aromatic N) is 1. The van der Waals surface area contributed by atoms with Gasteiger partial charge in [0.2, 0.25) is 0 Å². The quantitative estimate of drug-likeness (QED) is 0.886. The lowest BCUT2D eigenvalue weighted by molar-refractivity contribution is 0.177. The van der Waals surface area contributed by atoms with Gasteiger partial charge in [-0.05, 0) is 50.9 Å². The van der Waals surface area contributed by atoms with Crippen molar-refractivity contribution in [2.24, 2.45) is 0 Å². The van der Waals surface area contributed by atoms with Crippen LogP contribution < -0.4 is 5.32 Å². The van der Waals surface area contributed by atoms with E-state index in [2.05, 4.69) is 64.3 Å². The summed E-state index contributed by atoms with van der Waals surface area (Å²) in [5.41, 5.74) is 1.39. The van der Waals surface area contributed by atoms with Crippen LogP contribution in [-0.2, 0) is 6.54 Å². The van der Waals surface area contributed by atoms with Gasteiger partial charge in [0.1, 0.15) is 0 Å². The third-order valence-corrected chi connectivity index (χ3v) is 4.37. The first-order valence-corrected chi connectivity index (χ1v) is 8.16. The Hall–Kier alpha value is -0.380. The third kappa shape index (κ3) is 4.90. The molecule has 1 atom stereocenters. The molecule has 1 N–H and O–H groups in total. The summed E-state index contributed by atoms with van der Waals surface area (Å²) in [4.78, 5) is 2.57. The number of piperidine rings is 1. The number of rotatable bonds is 5. The van der Waals surface area contributed by atoms with E-state index in [0.717, 1.165) is 13.1 Å². The first-order valence-electron chi connectivity index (χ1n) is 7.37. The molecule has 1 aromatic rings. The van der Waals surface area contributed by atoms with Crippen molar-refractivity contribution in [1.29, 1.82) is 0 Å². The standard InChI is InChI=1S/C16H25BrN2/c1-13(2)19(12-16-8-3-4-9-18-16)11-14-6-5-7-15(17)10-14/h5-7,10,13,16,18H,3-4,8-9,11-12H2,1-2H3. The van der Waals surface area contributed by atoms with Crippen molar-refractivity contribution < 1.29 is 0 Å². The van der Waals surface area contributed by atoms with Crippen LogP contribution in [0.3, 0.4) is 0 Å². The molecule has 0 radical (unpaired) electrons. The van der Waals surface area contributed by atoms with Gasteiger partial charge in [-0.25, -0.2) is 0 Å². The Morgan fingerprint density at radius 2 is 2.21 bits per heavy atom. The Bertz CT molecular complexity index is 386. The fourth-order valence-corrected chi connectivity index (χ4v) is 3.14. The highest BCUT2D eigenvalue weighted by Crippen LogP contribution is 2.16. The summed E-state index contributed by atoms with van der Waals surface area (Å²) in [6.07, 6.45) is 4.03. The molecule has 0 aliphatic carbocycles. The second-order valence-corrected chi connectivity index (χ2v) is 6.72. The van der Waals surface area contributed by atoms with Gasteiger partial charge in [0.25, 0.3) is 0 Å². The van der Waals surface area contributed by atoms with Gasteiger partial charge < -0.3 is 5.32 Å². The van der Waals surface area contributed by atoms with Crippen LogP contribution in [0.2, 0.25) is 0 Å². The predicted molar refractivity (Wildman–Crippen MR) is 85.3 cm³/mol. The molecule has 106 valence electrons. The topological polar surface area (TPSA) is 15.3 Å². The molecule has 1 aromatic carbocycles. The third-order valence-electron chi connectivity index (χ3n) is 3.87. The molecule has 1 aliphatic rings. The molecule has 0 amide bonds. The highest BCUT2D eigenvalue weighted by atomic mass is 79.9. The number of halogens is 1. The van der Waals surface area contributed by atoms with Crippen molar-refractivity contribution in [2.45, 2.75) is 51.7 Å². The summed E-state index contributed by atoms with van der Waals surface area (Å²) in [5.74, 6) is 0. The van der Waals surface area contributed by atoms with Crippen LogP contribution in [0.1, 0.15) is 38.7 Å². The van der Waals surface area contributed by atoms with Gasteiger partial charge in [-0.3, -0.25) is 4.90 Å². The molecule has 1 unspecified atom stereocenters. The molecule has 0 spiro atoms. The molecule has 19 heavy (non-hydrogen) atoms. The average molecular weight is 325 g/mol. The second-order valence-electron chi connectivity index (χ2n) is 5.80. The fraction of sp³-hybridized carbons (Fsp3) is 0.625. The van der Waals surface area contributed by atoms with E-state index < -0.39 is 0 Å². The molecule has 3 heteroatoms. The van der Waals surface area contributed by atoms with Gasteiger partial charge in [-0.15, -0.1) is 0 Å². The molecular weight excluding hydrogens is 300 g/mol. The Morgan fingerprint density at radius 3 is 2.84 bits per heavy atom. The van der Waals surface area contributed by atoms with E-state index in [1.165, 1.54) is 35.8 Å². The zero-order valence-corrected chi connectivity index (χ0v) is 13.6. The summed E-state index contributed by atoms with van der Waals surface area (Å²) < 4.78 is 1.17. The number of benzene rings is 1. The fourth-order valence-electron chi connectivity index (χ4n) is 2.69. The number of nitrogens with one attached hydrogen (secondary N) is 1. The van der Waals surface area contributed by atoms with E-state index in [-0.39, 0.29) is 0 Å². The molecule has 1 heterocycles. The first kappa shape index (κ1) is 15.0. The highest BCUT2D eigenvalue weighted by molar-refractivity contribution is 9.10.